The maximum absolute atomic E-state index is 11.6. The predicted octanol–water partition coefficient (Wildman–Crippen LogP) is 0.987. The fraction of sp³-hybridized carbons (Fsp3) is 0.765. The van der Waals surface area contributed by atoms with Crippen LogP contribution in [0.2, 0.25) is 0 Å². The lowest BCUT2D eigenvalue weighted by Gasteiger charge is -2.42. The highest BCUT2D eigenvalue weighted by atomic mass is 16.5. The number of carbonyl (C=O) groups is 1. The Hall–Kier alpha value is -1.44. The zero-order valence-corrected chi connectivity index (χ0v) is 15.5. The summed E-state index contributed by atoms with van der Waals surface area (Å²) in [4.78, 5) is 19.9. The zero-order valence-electron chi connectivity index (χ0n) is 15.5. The third-order valence-corrected chi connectivity index (χ3v) is 4.09. The van der Waals surface area contributed by atoms with E-state index in [0.29, 0.717) is 6.61 Å². The van der Waals surface area contributed by atoms with E-state index >= 15 is 0 Å². The van der Waals surface area contributed by atoms with Crippen molar-refractivity contribution in [2.24, 2.45) is 0 Å². The molecule has 0 aliphatic carbocycles. The molecule has 0 bridgehead atoms. The van der Waals surface area contributed by atoms with Crippen LogP contribution in [0.15, 0.2) is 12.4 Å². The van der Waals surface area contributed by atoms with Gasteiger partial charge in [-0.2, -0.15) is 0 Å². The topological polar surface area (TPSA) is 59.8 Å². The van der Waals surface area contributed by atoms with Gasteiger partial charge >= 0.3 is 0 Å². The van der Waals surface area contributed by atoms with E-state index in [0.717, 1.165) is 32.0 Å². The van der Waals surface area contributed by atoms with Gasteiger partial charge in [-0.05, 0) is 20.8 Å². The Labute approximate surface area is 144 Å². The monoisotopic (exact) mass is 338 g/mol. The second-order valence-corrected chi connectivity index (χ2v) is 7.10. The quantitative estimate of drug-likeness (QED) is 0.742. The lowest BCUT2D eigenvalue weighted by Crippen LogP contribution is -2.53. The standard InChI is InChI=1S/C17H30N4O3/c1-6-21-8-7-18-15(21)10-20-9-14(24-17(2,3)13-20)11-23-12-16(22)19(4)5/h7-8,14H,6,9-13H2,1-5H3/t14-/m0/s1. The van der Waals surface area contributed by atoms with Gasteiger partial charge in [0.2, 0.25) is 5.91 Å². The van der Waals surface area contributed by atoms with Crippen LogP contribution >= 0.6 is 0 Å². The molecule has 0 spiro atoms. The minimum atomic E-state index is -0.249. The third-order valence-electron chi connectivity index (χ3n) is 4.09. The van der Waals surface area contributed by atoms with Crippen LogP contribution in [0.25, 0.3) is 0 Å². The first-order valence-electron chi connectivity index (χ1n) is 8.49. The van der Waals surface area contributed by atoms with E-state index in [2.05, 4.69) is 35.2 Å². The van der Waals surface area contributed by atoms with Crippen molar-refractivity contribution in [1.29, 1.82) is 0 Å². The molecular formula is C17H30N4O3. The molecular weight excluding hydrogens is 308 g/mol. The van der Waals surface area contributed by atoms with Gasteiger partial charge in [-0.3, -0.25) is 9.69 Å². The van der Waals surface area contributed by atoms with Crippen molar-refractivity contribution in [3.8, 4) is 0 Å². The second-order valence-electron chi connectivity index (χ2n) is 7.10. The molecule has 2 rings (SSSR count). The molecule has 1 aromatic heterocycles. The van der Waals surface area contributed by atoms with Gasteiger partial charge in [-0.1, -0.05) is 0 Å². The summed E-state index contributed by atoms with van der Waals surface area (Å²) >= 11 is 0. The van der Waals surface area contributed by atoms with Gasteiger partial charge in [0.25, 0.3) is 0 Å². The highest BCUT2D eigenvalue weighted by Crippen LogP contribution is 2.22. The Morgan fingerprint density at radius 2 is 2.25 bits per heavy atom. The van der Waals surface area contributed by atoms with E-state index in [1.54, 1.807) is 14.1 Å². The molecule has 1 fully saturated rings. The summed E-state index contributed by atoms with van der Waals surface area (Å²) in [5.41, 5.74) is -0.249. The molecule has 7 heteroatoms. The van der Waals surface area contributed by atoms with Crippen molar-refractivity contribution in [3.05, 3.63) is 18.2 Å². The van der Waals surface area contributed by atoms with Crippen LogP contribution < -0.4 is 0 Å². The Kier molecular flexibility index (Phi) is 6.37. The number of amides is 1. The summed E-state index contributed by atoms with van der Waals surface area (Å²) in [6.07, 6.45) is 3.81. The summed E-state index contributed by atoms with van der Waals surface area (Å²) < 4.78 is 13.8. The highest BCUT2D eigenvalue weighted by molar-refractivity contribution is 5.76. The van der Waals surface area contributed by atoms with Crippen LogP contribution in [-0.2, 0) is 27.4 Å². The van der Waals surface area contributed by atoms with E-state index < -0.39 is 0 Å². The third kappa shape index (κ3) is 5.29. The SMILES string of the molecule is CCn1ccnc1CN1C[C@@H](COCC(=O)N(C)C)OC(C)(C)C1. The molecule has 1 aliphatic heterocycles. The molecule has 24 heavy (non-hydrogen) atoms. The number of carbonyl (C=O) groups excluding carboxylic acids is 1. The Morgan fingerprint density at radius 3 is 2.92 bits per heavy atom. The second kappa shape index (κ2) is 8.09. The smallest absolute Gasteiger partial charge is 0.248 e. The molecule has 1 aliphatic rings. The van der Waals surface area contributed by atoms with Gasteiger partial charge in [0, 0.05) is 46.1 Å². The van der Waals surface area contributed by atoms with Crippen LogP contribution in [0.5, 0.6) is 0 Å². The largest absolute Gasteiger partial charge is 0.369 e. The summed E-state index contributed by atoms with van der Waals surface area (Å²) in [6, 6.07) is 0. The maximum atomic E-state index is 11.6. The number of nitrogens with zero attached hydrogens (tertiary/aromatic N) is 4. The molecule has 0 N–H and O–H groups in total. The van der Waals surface area contributed by atoms with Gasteiger partial charge in [0.15, 0.2) is 0 Å². The molecule has 0 aromatic carbocycles. The van der Waals surface area contributed by atoms with Gasteiger partial charge in [-0.25, -0.2) is 4.98 Å². The predicted molar refractivity (Wildman–Crippen MR) is 91.6 cm³/mol. The van der Waals surface area contributed by atoms with Crippen molar-refractivity contribution in [2.45, 2.75) is 45.6 Å². The average Bonchev–Trinajstić information content (AvgIpc) is 2.92. The number of morpholine rings is 1. The number of hydrogen-bond donors (Lipinski definition) is 0. The Morgan fingerprint density at radius 1 is 1.50 bits per heavy atom. The Bertz CT molecular complexity index is 542. The summed E-state index contributed by atoms with van der Waals surface area (Å²) in [5.74, 6) is 1.03. The van der Waals surface area contributed by atoms with Gasteiger partial charge in [0.1, 0.15) is 12.4 Å². The van der Waals surface area contributed by atoms with E-state index in [-0.39, 0.29) is 24.2 Å². The van der Waals surface area contributed by atoms with Crippen molar-refractivity contribution >= 4 is 5.91 Å². The first-order chi connectivity index (χ1) is 11.3. The molecule has 1 saturated heterocycles. The maximum Gasteiger partial charge on any atom is 0.248 e. The molecule has 1 amide bonds. The van der Waals surface area contributed by atoms with E-state index in [9.17, 15) is 4.79 Å². The molecule has 0 unspecified atom stereocenters. The van der Waals surface area contributed by atoms with Crippen molar-refractivity contribution < 1.29 is 14.3 Å². The number of imidazole rings is 1. The fourth-order valence-electron chi connectivity index (χ4n) is 3.01. The van der Waals surface area contributed by atoms with Gasteiger partial charge in [-0.15, -0.1) is 0 Å². The lowest BCUT2D eigenvalue weighted by atomic mass is 10.1. The zero-order chi connectivity index (χ0) is 17.7. The normalized spacial score (nSPS) is 21.0. The van der Waals surface area contributed by atoms with Crippen LogP contribution in [0.3, 0.4) is 0 Å². The number of aryl methyl sites for hydroxylation is 1. The average molecular weight is 338 g/mol. The minimum absolute atomic E-state index is 0.0353. The van der Waals surface area contributed by atoms with Crippen LogP contribution in [0.4, 0.5) is 0 Å². The first-order valence-corrected chi connectivity index (χ1v) is 8.49. The summed E-state index contributed by atoms with van der Waals surface area (Å²) in [6.45, 7) is 10.1. The number of likely N-dealkylation sites (N-methyl/N-ethyl adjacent to an activating group) is 1. The van der Waals surface area contributed by atoms with E-state index in [4.69, 9.17) is 9.47 Å². The van der Waals surface area contributed by atoms with Crippen LogP contribution in [-0.4, -0.2) is 77.4 Å². The number of ether oxygens (including phenoxy) is 2. The van der Waals surface area contributed by atoms with Gasteiger partial charge < -0.3 is 18.9 Å². The van der Waals surface area contributed by atoms with E-state index in [1.165, 1.54) is 4.90 Å². The van der Waals surface area contributed by atoms with E-state index in [1.807, 2.05) is 12.4 Å². The molecule has 0 saturated carbocycles. The minimum Gasteiger partial charge on any atom is -0.369 e. The number of hydrogen-bond acceptors (Lipinski definition) is 5. The molecule has 136 valence electrons. The highest BCUT2D eigenvalue weighted by Gasteiger charge is 2.34. The van der Waals surface area contributed by atoms with Gasteiger partial charge in [0.05, 0.1) is 24.9 Å². The molecule has 1 atom stereocenters. The number of aromatic nitrogens is 2. The molecule has 7 nitrogen and oxygen atoms in total. The van der Waals surface area contributed by atoms with Crippen LogP contribution in [0.1, 0.15) is 26.6 Å². The van der Waals surface area contributed by atoms with Crippen molar-refractivity contribution in [1.82, 2.24) is 19.4 Å². The lowest BCUT2D eigenvalue weighted by molar-refractivity contribution is -0.161. The first kappa shape index (κ1) is 18.9. The van der Waals surface area contributed by atoms with Crippen molar-refractivity contribution in [2.75, 3.05) is 40.4 Å². The molecule has 0 radical (unpaired) electrons. The molecule has 1 aromatic rings. The van der Waals surface area contributed by atoms with Crippen LogP contribution in [0, 0.1) is 0 Å². The Balaban J connectivity index is 1.90. The number of rotatable bonds is 7. The molecule has 2 heterocycles. The van der Waals surface area contributed by atoms with Crippen molar-refractivity contribution in [3.63, 3.8) is 0 Å². The summed E-state index contributed by atoms with van der Waals surface area (Å²) in [5, 5.41) is 0. The summed E-state index contributed by atoms with van der Waals surface area (Å²) in [7, 11) is 3.45. The fourth-order valence-corrected chi connectivity index (χ4v) is 3.01.